The highest BCUT2D eigenvalue weighted by Gasteiger charge is 2.20. The Hall–Kier alpha value is -3.20. The lowest BCUT2D eigenvalue weighted by Gasteiger charge is -2.13. The lowest BCUT2D eigenvalue weighted by molar-refractivity contribution is 0.101. The maximum atomic E-state index is 14.1. The summed E-state index contributed by atoms with van der Waals surface area (Å²) in [6.45, 7) is 2.51. The van der Waals surface area contributed by atoms with Crippen molar-refractivity contribution in [3.63, 3.8) is 0 Å². The van der Waals surface area contributed by atoms with Crippen molar-refractivity contribution in [3.05, 3.63) is 47.7 Å². The van der Waals surface area contributed by atoms with Crippen LogP contribution in [0.2, 0.25) is 0 Å². The van der Waals surface area contributed by atoms with Crippen molar-refractivity contribution in [2.24, 2.45) is 12.8 Å². The van der Waals surface area contributed by atoms with Crippen LogP contribution in [-0.2, 0) is 13.5 Å². The molecule has 0 spiro atoms. The molecule has 27 heavy (non-hydrogen) atoms. The largest absolute Gasteiger partial charge is 0.492 e. The van der Waals surface area contributed by atoms with Gasteiger partial charge >= 0.3 is 0 Å². The third kappa shape index (κ3) is 3.82. The van der Waals surface area contributed by atoms with E-state index >= 15 is 0 Å². The minimum absolute atomic E-state index is 0.266. The molecule has 1 aromatic carbocycles. The number of nitrogens with one attached hydrogen (secondary N) is 2. The van der Waals surface area contributed by atoms with Crippen LogP contribution < -0.4 is 15.8 Å². The summed E-state index contributed by atoms with van der Waals surface area (Å²) in [5.41, 5.74) is 7.56. The van der Waals surface area contributed by atoms with Crippen LogP contribution in [0, 0.1) is 5.82 Å². The van der Waals surface area contributed by atoms with Gasteiger partial charge in [-0.1, -0.05) is 6.92 Å². The third-order valence-electron chi connectivity index (χ3n) is 4.05. The van der Waals surface area contributed by atoms with E-state index in [1.807, 2.05) is 6.07 Å². The number of ether oxygens (including phenoxy) is 1. The number of carbonyl (C=O) groups excluding carboxylic acids is 1. The number of halogens is 1. The molecule has 0 unspecified atom stereocenters. The number of rotatable bonds is 7. The van der Waals surface area contributed by atoms with Crippen molar-refractivity contribution >= 4 is 11.6 Å². The standard InChI is InChI=1S/C18H21FN6O2/c1-3-13-16(19)17(24-23-13)18(26)22-11-4-5-15(27-9-7-20)12(10-11)14-6-8-21-25(14)2/h4-6,8,10H,3,7,9,20H2,1-2H3,(H,22,26)(H,23,24). The van der Waals surface area contributed by atoms with Gasteiger partial charge in [0.25, 0.3) is 5.91 Å². The van der Waals surface area contributed by atoms with Gasteiger partial charge in [0.15, 0.2) is 11.5 Å². The average Bonchev–Trinajstić information content (AvgIpc) is 3.25. The second kappa shape index (κ2) is 8.00. The van der Waals surface area contributed by atoms with Crippen LogP contribution in [0.25, 0.3) is 11.3 Å². The summed E-state index contributed by atoms with van der Waals surface area (Å²) in [5.74, 6) is -0.652. The molecule has 2 heterocycles. The first kappa shape index (κ1) is 18.6. The number of anilines is 1. The monoisotopic (exact) mass is 372 g/mol. The van der Waals surface area contributed by atoms with Crippen LogP contribution >= 0.6 is 0 Å². The molecule has 0 fully saturated rings. The SMILES string of the molecule is CCc1[nH]nc(C(=O)Nc2ccc(OCCN)c(-c3ccnn3C)c2)c1F. The molecule has 0 saturated carbocycles. The van der Waals surface area contributed by atoms with Gasteiger partial charge in [-0.15, -0.1) is 0 Å². The van der Waals surface area contributed by atoms with E-state index in [0.717, 1.165) is 11.3 Å². The van der Waals surface area contributed by atoms with Gasteiger partial charge in [-0.2, -0.15) is 10.2 Å². The third-order valence-corrected chi connectivity index (χ3v) is 4.05. The molecule has 142 valence electrons. The number of H-pyrrole nitrogens is 1. The van der Waals surface area contributed by atoms with Gasteiger partial charge in [-0.3, -0.25) is 14.6 Å². The number of amides is 1. The Bertz CT molecular complexity index is 949. The van der Waals surface area contributed by atoms with Gasteiger partial charge in [0.2, 0.25) is 0 Å². The van der Waals surface area contributed by atoms with Gasteiger partial charge in [0.05, 0.1) is 11.4 Å². The molecule has 1 amide bonds. The van der Waals surface area contributed by atoms with Gasteiger partial charge in [0.1, 0.15) is 12.4 Å². The van der Waals surface area contributed by atoms with Gasteiger partial charge < -0.3 is 15.8 Å². The van der Waals surface area contributed by atoms with Crippen LogP contribution in [0.5, 0.6) is 5.75 Å². The van der Waals surface area contributed by atoms with Crippen LogP contribution in [-0.4, -0.2) is 39.0 Å². The van der Waals surface area contributed by atoms with Crippen molar-refractivity contribution in [3.8, 4) is 17.0 Å². The summed E-state index contributed by atoms with van der Waals surface area (Å²) in [6, 6.07) is 6.98. The Morgan fingerprint density at radius 2 is 2.22 bits per heavy atom. The van der Waals surface area contributed by atoms with Crippen molar-refractivity contribution in [2.75, 3.05) is 18.5 Å². The van der Waals surface area contributed by atoms with E-state index in [-0.39, 0.29) is 5.69 Å². The van der Waals surface area contributed by atoms with E-state index in [1.54, 1.807) is 43.0 Å². The number of aromatic nitrogens is 4. The maximum Gasteiger partial charge on any atom is 0.279 e. The fourth-order valence-electron chi connectivity index (χ4n) is 2.68. The molecule has 0 bridgehead atoms. The van der Waals surface area contributed by atoms with Gasteiger partial charge in [-0.25, -0.2) is 4.39 Å². The molecule has 0 saturated heterocycles. The smallest absolute Gasteiger partial charge is 0.279 e. The van der Waals surface area contributed by atoms with Crippen molar-refractivity contribution < 1.29 is 13.9 Å². The molecule has 2 aromatic heterocycles. The number of nitrogens with zero attached hydrogens (tertiary/aromatic N) is 3. The lowest BCUT2D eigenvalue weighted by Crippen LogP contribution is -2.15. The highest BCUT2D eigenvalue weighted by molar-refractivity contribution is 6.03. The zero-order valence-corrected chi connectivity index (χ0v) is 15.1. The number of carbonyl (C=O) groups is 1. The summed E-state index contributed by atoms with van der Waals surface area (Å²) < 4.78 is 21.5. The second-order valence-corrected chi connectivity index (χ2v) is 5.86. The van der Waals surface area contributed by atoms with E-state index in [4.69, 9.17) is 10.5 Å². The molecule has 3 rings (SSSR count). The summed E-state index contributed by atoms with van der Waals surface area (Å²) >= 11 is 0. The average molecular weight is 372 g/mol. The molecule has 0 atom stereocenters. The highest BCUT2D eigenvalue weighted by atomic mass is 19.1. The predicted molar refractivity (Wildman–Crippen MR) is 99.1 cm³/mol. The second-order valence-electron chi connectivity index (χ2n) is 5.86. The summed E-state index contributed by atoms with van der Waals surface area (Å²) in [7, 11) is 1.80. The zero-order chi connectivity index (χ0) is 19.4. The van der Waals surface area contributed by atoms with Crippen LogP contribution in [0.1, 0.15) is 23.1 Å². The first-order chi connectivity index (χ1) is 13.0. The van der Waals surface area contributed by atoms with Crippen LogP contribution in [0.15, 0.2) is 30.5 Å². The topological polar surface area (TPSA) is 111 Å². The van der Waals surface area contributed by atoms with E-state index in [0.29, 0.717) is 36.7 Å². The molecule has 4 N–H and O–H groups in total. The van der Waals surface area contributed by atoms with Crippen LogP contribution in [0.4, 0.5) is 10.1 Å². The number of aromatic amines is 1. The highest BCUT2D eigenvalue weighted by Crippen LogP contribution is 2.32. The minimum Gasteiger partial charge on any atom is -0.492 e. The Balaban J connectivity index is 1.91. The quantitative estimate of drug-likeness (QED) is 0.588. The molecular weight excluding hydrogens is 351 g/mol. The van der Waals surface area contributed by atoms with E-state index in [2.05, 4.69) is 20.6 Å². The minimum atomic E-state index is -0.634. The maximum absolute atomic E-state index is 14.1. The number of aryl methyl sites for hydroxylation is 2. The predicted octanol–water partition coefficient (Wildman–Crippen LogP) is 2.10. The number of hydrogen-bond donors (Lipinski definition) is 3. The van der Waals surface area contributed by atoms with E-state index in [1.165, 1.54) is 0 Å². The molecule has 0 radical (unpaired) electrons. The van der Waals surface area contributed by atoms with Crippen molar-refractivity contribution in [1.82, 2.24) is 20.0 Å². The summed E-state index contributed by atoms with van der Waals surface area (Å²) in [6.07, 6.45) is 2.09. The van der Waals surface area contributed by atoms with Crippen molar-refractivity contribution in [1.29, 1.82) is 0 Å². The fourth-order valence-corrected chi connectivity index (χ4v) is 2.68. The fraction of sp³-hybridized carbons (Fsp3) is 0.278. The van der Waals surface area contributed by atoms with Crippen LogP contribution in [0.3, 0.4) is 0 Å². The normalized spacial score (nSPS) is 10.8. The van der Waals surface area contributed by atoms with Gasteiger partial charge in [0, 0.05) is 31.0 Å². The molecule has 0 aliphatic carbocycles. The molecular formula is C18H21FN6O2. The number of nitrogens with two attached hydrogens (primary N) is 1. The van der Waals surface area contributed by atoms with E-state index < -0.39 is 11.7 Å². The first-order valence-corrected chi connectivity index (χ1v) is 8.54. The Morgan fingerprint density at radius 3 is 2.85 bits per heavy atom. The molecule has 9 heteroatoms. The molecule has 3 aromatic rings. The summed E-state index contributed by atoms with van der Waals surface area (Å²) in [5, 5.41) is 13.1. The lowest BCUT2D eigenvalue weighted by atomic mass is 10.1. The summed E-state index contributed by atoms with van der Waals surface area (Å²) in [4.78, 5) is 12.4. The molecule has 8 nitrogen and oxygen atoms in total. The Kier molecular flexibility index (Phi) is 5.51. The number of hydrogen-bond acceptors (Lipinski definition) is 5. The molecule has 0 aliphatic heterocycles. The van der Waals surface area contributed by atoms with Gasteiger partial charge in [-0.05, 0) is 30.7 Å². The Morgan fingerprint density at radius 1 is 1.41 bits per heavy atom. The number of benzene rings is 1. The molecule has 0 aliphatic rings. The zero-order valence-electron chi connectivity index (χ0n) is 15.1. The Labute approximate surface area is 155 Å². The first-order valence-electron chi connectivity index (χ1n) is 8.54. The van der Waals surface area contributed by atoms with Crippen molar-refractivity contribution in [2.45, 2.75) is 13.3 Å². The van der Waals surface area contributed by atoms with E-state index in [9.17, 15) is 9.18 Å².